The highest BCUT2D eigenvalue weighted by atomic mass is 32.2. The van der Waals surface area contributed by atoms with Gasteiger partial charge in [-0.2, -0.15) is 0 Å². The van der Waals surface area contributed by atoms with Crippen molar-refractivity contribution in [3.05, 3.63) is 24.0 Å². The van der Waals surface area contributed by atoms with Crippen molar-refractivity contribution < 1.29 is 22.7 Å². The van der Waals surface area contributed by atoms with E-state index >= 15 is 0 Å². The van der Waals surface area contributed by atoms with Crippen LogP contribution in [0.4, 0.5) is 15.8 Å². The number of carboxylic acid groups (broad SMARTS) is 1. The molecule has 0 radical (unpaired) electrons. The molecule has 4 N–H and O–H groups in total. The Balaban J connectivity index is 2.64. The summed E-state index contributed by atoms with van der Waals surface area (Å²) in [6.07, 6.45) is -0.228. The third kappa shape index (κ3) is 4.58. The van der Waals surface area contributed by atoms with Crippen molar-refractivity contribution >= 4 is 27.4 Å². The van der Waals surface area contributed by atoms with Gasteiger partial charge in [0, 0.05) is 6.42 Å². The number of carbonyl (C=O) groups is 1. The van der Waals surface area contributed by atoms with Gasteiger partial charge in [-0.1, -0.05) is 0 Å². The highest BCUT2D eigenvalue weighted by molar-refractivity contribution is 7.92. The zero-order chi connectivity index (χ0) is 13.8. The molecule has 0 amide bonds. The summed E-state index contributed by atoms with van der Waals surface area (Å²) in [5, 5.41) is 8.39. The number of nitrogen functional groups attached to an aromatic ring is 1. The summed E-state index contributed by atoms with van der Waals surface area (Å²) in [6.45, 7) is 0. The van der Waals surface area contributed by atoms with E-state index in [0.29, 0.717) is 0 Å². The van der Waals surface area contributed by atoms with Crippen LogP contribution in [0.15, 0.2) is 18.2 Å². The summed E-state index contributed by atoms with van der Waals surface area (Å²) in [4.78, 5) is 10.3. The molecule has 0 unspecified atom stereocenters. The molecule has 0 saturated carbocycles. The maximum absolute atomic E-state index is 12.9. The van der Waals surface area contributed by atoms with Crippen molar-refractivity contribution in [2.75, 3.05) is 16.2 Å². The van der Waals surface area contributed by atoms with Crippen molar-refractivity contribution in [3.63, 3.8) is 0 Å². The number of benzene rings is 1. The molecule has 0 aliphatic carbocycles. The van der Waals surface area contributed by atoms with E-state index in [-0.39, 0.29) is 30.0 Å². The number of nitrogens with one attached hydrogen (secondary N) is 1. The summed E-state index contributed by atoms with van der Waals surface area (Å²) in [5.74, 6) is -2.02. The zero-order valence-corrected chi connectivity index (χ0v) is 10.2. The molecule has 0 saturated heterocycles. The van der Waals surface area contributed by atoms with Gasteiger partial charge in [-0.25, -0.2) is 12.8 Å². The quantitative estimate of drug-likeness (QED) is 0.672. The van der Waals surface area contributed by atoms with Crippen molar-refractivity contribution in [1.29, 1.82) is 0 Å². The van der Waals surface area contributed by atoms with Crippen LogP contribution < -0.4 is 10.5 Å². The van der Waals surface area contributed by atoms with Gasteiger partial charge in [-0.3, -0.25) is 9.52 Å². The first kappa shape index (κ1) is 14.2. The number of nitrogens with two attached hydrogens (primary N) is 1. The van der Waals surface area contributed by atoms with E-state index in [0.717, 1.165) is 12.1 Å². The lowest BCUT2D eigenvalue weighted by molar-refractivity contribution is -0.137. The van der Waals surface area contributed by atoms with Crippen LogP contribution in [0.2, 0.25) is 0 Å². The summed E-state index contributed by atoms with van der Waals surface area (Å²) >= 11 is 0. The molecular weight excluding hydrogens is 263 g/mol. The second kappa shape index (κ2) is 5.67. The van der Waals surface area contributed by atoms with Gasteiger partial charge < -0.3 is 10.8 Å². The average molecular weight is 276 g/mol. The number of hydrogen-bond acceptors (Lipinski definition) is 4. The summed E-state index contributed by atoms with van der Waals surface area (Å²) in [5.41, 5.74) is 5.27. The molecule has 8 heteroatoms. The van der Waals surface area contributed by atoms with Crippen molar-refractivity contribution in [2.24, 2.45) is 0 Å². The monoisotopic (exact) mass is 276 g/mol. The Kier molecular flexibility index (Phi) is 4.49. The lowest BCUT2D eigenvalue weighted by atomic mass is 10.3. The molecule has 0 fully saturated rings. The molecule has 100 valence electrons. The van der Waals surface area contributed by atoms with Crippen LogP contribution in [0.1, 0.15) is 12.8 Å². The molecule has 0 aliphatic heterocycles. The fourth-order valence-corrected chi connectivity index (χ4v) is 2.36. The second-order valence-corrected chi connectivity index (χ2v) is 5.50. The van der Waals surface area contributed by atoms with Crippen LogP contribution in [0.25, 0.3) is 0 Å². The van der Waals surface area contributed by atoms with Crippen LogP contribution >= 0.6 is 0 Å². The predicted octanol–water partition coefficient (Wildman–Crippen LogP) is 1.01. The minimum atomic E-state index is -3.65. The molecule has 1 aromatic rings. The lowest BCUT2D eigenvalue weighted by Gasteiger charge is -2.08. The van der Waals surface area contributed by atoms with E-state index < -0.39 is 21.8 Å². The maximum Gasteiger partial charge on any atom is 0.303 e. The van der Waals surface area contributed by atoms with Crippen molar-refractivity contribution in [3.8, 4) is 0 Å². The van der Waals surface area contributed by atoms with Gasteiger partial charge >= 0.3 is 5.97 Å². The Morgan fingerprint density at radius 2 is 2.11 bits per heavy atom. The number of anilines is 2. The minimum absolute atomic E-state index is 0.00133. The third-order valence-corrected chi connectivity index (χ3v) is 3.45. The number of hydrogen-bond donors (Lipinski definition) is 3. The van der Waals surface area contributed by atoms with Gasteiger partial charge in [0.2, 0.25) is 10.0 Å². The third-order valence-electron chi connectivity index (χ3n) is 2.07. The van der Waals surface area contributed by atoms with Crippen LogP contribution in [0.5, 0.6) is 0 Å². The maximum atomic E-state index is 12.9. The molecule has 0 atom stereocenters. The first-order chi connectivity index (χ1) is 8.30. The fourth-order valence-electron chi connectivity index (χ4n) is 1.25. The van der Waals surface area contributed by atoms with Crippen molar-refractivity contribution in [1.82, 2.24) is 0 Å². The van der Waals surface area contributed by atoms with Gasteiger partial charge in [0.1, 0.15) is 5.82 Å². The topological polar surface area (TPSA) is 109 Å². The Hall–Kier alpha value is -1.83. The van der Waals surface area contributed by atoms with Crippen LogP contribution in [0.3, 0.4) is 0 Å². The molecule has 18 heavy (non-hydrogen) atoms. The van der Waals surface area contributed by atoms with Crippen molar-refractivity contribution in [2.45, 2.75) is 12.8 Å². The first-order valence-corrected chi connectivity index (χ1v) is 6.73. The molecule has 0 bridgehead atoms. The Labute approximate surface area is 104 Å². The fraction of sp³-hybridized carbons (Fsp3) is 0.300. The smallest absolute Gasteiger partial charge is 0.303 e. The predicted molar refractivity (Wildman–Crippen MR) is 65.1 cm³/mol. The van der Waals surface area contributed by atoms with Crippen LogP contribution in [-0.2, 0) is 14.8 Å². The van der Waals surface area contributed by atoms with E-state index in [1.165, 1.54) is 6.07 Å². The highest BCUT2D eigenvalue weighted by Gasteiger charge is 2.12. The number of rotatable bonds is 6. The van der Waals surface area contributed by atoms with Gasteiger partial charge in [0.15, 0.2) is 0 Å². The van der Waals surface area contributed by atoms with E-state index in [1.807, 2.05) is 0 Å². The van der Waals surface area contributed by atoms with Gasteiger partial charge in [0.25, 0.3) is 0 Å². The Morgan fingerprint density at radius 1 is 1.44 bits per heavy atom. The second-order valence-electron chi connectivity index (χ2n) is 3.65. The zero-order valence-electron chi connectivity index (χ0n) is 9.39. The molecule has 1 aromatic carbocycles. The van der Waals surface area contributed by atoms with Gasteiger partial charge in [0.05, 0.1) is 17.1 Å². The summed E-state index contributed by atoms with van der Waals surface area (Å²) < 4.78 is 38.1. The Morgan fingerprint density at radius 3 is 2.67 bits per heavy atom. The number of aliphatic carboxylic acids is 1. The highest BCUT2D eigenvalue weighted by Crippen LogP contribution is 2.17. The number of halogens is 1. The van der Waals surface area contributed by atoms with Gasteiger partial charge in [-0.05, 0) is 24.6 Å². The molecule has 0 heterocycles. The molecule has 1 rings (SSSR count). The average Bonchev–Trinajstić information content (AvgIpc) is 2.22. The first-order valence-electron chi connectivity index (χ1n) is 5.07. The molecule has 0 spiro atoms. The largest absolute Gasteiger partial charge is 0.481 e. The number of sulfonamides is 1. The molecule has 0 aromatic heterocycles. The normalized spacial score (nSPS) is 11.2. The van der Waals surface area contributed by atoms with E-state index in [9.17, 15) is 17.6 Å². The van der Waals surface area contributed by atoms with Crippen LogP contribution in [0, 0.1) is 5.82 Å². The Bertz CT molecular complexity index is 545. The van der Waals surface area contributed by atoms with E-state index in [1.54, 1.807) is 0 Å². The lowest BCUT2D eigenvalue weighted by Crippen LogP contribution is -2.17. The summed E-state index contributed by atoms with van der Waals surface area (Å²) in [6, 6.07) is 3.44. The van der Waals surface area contributed by atoms with Crippen LogP contribution in [-0.4, -0.2) is 25.2 Å². The minimum Gasteiger partial charge on any atom is -0.481 e. The molecular formula is C10H13FN2O4S. The SMILES string of the molecule is Nc1cc(NS(=O)(=O)CCCC(=O)O)ccc1F. The van der Waals surface area contributed by atoms with E-state index in [4.69, 9.17) is 10.8 Å². The number of carboxylic acids is 1. The molecule has 6 nitrogen and oxygen atoms in total. The van der Waals surface area contributed by atoms with Gasteiger partial charge in [-0.15, -0.1) is 0 Å². The summed E-state index contributed by atoms with van der Waals surface area (Å²) in [7, 11) is -3.65. The van der Waals surface area contributed by atoms with E-state index in [2.05, 4.69) is 4.72 Å². The standard InChI is InChI=1S/C10H13FN2O4S/c11-8-4-3-7(6-9(8)12)13-18(16,17)5-1-2-10(14)15/h3-4,6,13H,1-2,5,12H2,(H,14,15). The molecule has 0 aliphatic rings.